The molecule has 8 heteroatoms. The Morgan fingerprint density at radius 2 is 1.97 bits per heavy atom. The Kier molecular flexibility index (Phi) is 5.07. The number of fused-ring (bicyclic) bond motifs is 1. The van der Waals surface area contributed by atoms with Gasteiger partial charge in [-0.2, -0.15) is 10.1 Å². The van der Waals surface area contributed by atoms with Crippen molar-refractivity contribution < 1.29 is 14.6 Å². The van der Waals surface area contributed by atoms with Crippen molar-refractivity contribution in [3.8, 4) is 22.8 Å². The highest BCUT2D eigenvalue weighted by Gasteiger charge is 2.14. The summed E-state index contributed by atoms with van der Waals surface area (Å²) in [6.07, 6.45) is 4.09. The van der Waals surface area contributed by atoms with Crippen LogP contribution in [0.4, 0.5) is 0 Å². The van der Waals surface area contributed by atoms with Gasteiger partial charge in [-0.1, -0.05) is 18.2 Å². The summed E-state index contributed by atoms with van der Waals surface area (Å²) >= 11 is 0. The fourth-order valence-electron chi connectivity index (χ4n) is 2.99. The number of H-pyrrole nitrogens is 1. The van der Waals surface area contributed by atoms with Crippen LogP contribution in [0.1, 0.15) is 16.2 Å². The molecule has 146 valence electrons. The van der Waals surface area contributed by atoms with Gasteiger partial charge in [0.05, 0.1) is 24.2 Å². The van der Waals surface area contributed by atoms with Gasteiger partial charge in [0.1, 0.15) is 5.75 Å². The lowest BCUT2D eigenvalue weighted by Gasteiger charge is -2.08. The van der Waals surface area contributed by atoms with Crippen LogP contribution in [-0.4, -0.2) is 44.8 Å². The Morgan fingerprint density at radius 1 is 1.14 bits per heavy atom. The van der Waals surface area contributed by atoms with Crippen LogP contribution >= 0.6 is 0 Å². The Bertz CT molecular complexity index is 1140. The monoisotopic (exact) mass is 389 g/mol. The number of hydrogen-bond donors (Lipinski definition) is 3. The summed E-state index contributed by atoms with van der Waals surface area (Å²) < 4.78 is 5.13. The van der Waals surface area contributed by atoms with Gasteiger partial charge >= 0.3 is 0 Å². The third-order valence-corrected chi connectivity index (χ3v) is 4.57. The van der Waals surface area contributed by atoms with Gasteiger partial charge in [0.25, 0.3) is 5.91 Å². The first-order valence-electron chi connectivity index (χ1n) is 9.05. The summed E-state index contributed by atoms with van der Waals surface area (Å²) in [6, 6.07) is 13.0. The average Bonchev–Trinajstić information content (AvgIpc) is 3.29. The Labute approximate surface area is 166 Å². The minimum absolute atomic E-state index is 0.0687. The molecule has 0 aliphatic carbocycles. The molecule has 0 atom stereocenters. The number of nitrogens with one attached hydrogen (secondary N) is 2. The Balaban J connectivity index is 1.46. The van der Waals surface area contributed by atoms with Gasteiger partial charge in [-0.3, -0.25) is 9.89 Å². The number of benzene rings is 2. The van der Waals surface area contributed by atoms with Crippen LogP contribution in [-0.2, 0) is 6.42 Å². The fraction of sp³-hybridized carbons (Fsp3) is 0.143. The molecule has 0 saturated carbocycles. The lowest BCUT2D eigenvalue weighted by atomic mass is 10.1. The third-order valence-electron chi connectivity index (χ3n) is 4.57. The second-order valence-electron chi connectivity index (χ2n) is 6.44. The molecule has 2 aromatic heterocycles. The van der Waals surface area contributed by atoms with Gasteiger partial charge < -0.3 is 15.2 Å². The molecule has 0 bridgehead atoms. The van der Waals surface area contributed by atoms with E-state index in [9.17, 15) is 9.90 Å². The Hall–Kier alpha value is -3.94. The number of ether oxygens (including phenoxy) is 1. The molecule has 0 aliphatic heterocycles. The van der Waals surface area contributed by atoms with E-state index in [4.69, 9.17) is 4.74 Å². The van der Waals surface area contributed by atoms with Crippen molar-refractivity contribution in [1.82, 2.24) is 25.5 Å². The number of amides is 1. The van der Waals surface area contributed by atoms with Gasteiger partial charge in [-0.25, -0.2) is 4.98 Å². The maximum absolute atomic E-state index is 12.4. The number of aromatic hydroxyl groups is 1. The first-order valence-corrected chi connectivity index (χ1v) is 9.05. The molecule has 2 aromatic carbocycles. The van der Waals surface area contributed by atoms with Crippen LogP contribution in [0.15, 0.2) is 54.9 Å². The van der Waals surface area contributed by atoms with E-state index in [1.807, 2.05) is 30.3 Å². The lowest BCUT2D eigenvalue weighted by Crippen LogP contribution is -2.27. The second-order valence-corrected chi connectivity index (χ2v) is 6.44. The van der Waals surface area contributed by atoms with E-state index < -0.39 is 5.91 Å². The van der Waals surface area contributed by atoms with Crippen LogP contribution < -0.4 is 10.1 Å². The summed E-state index contributed by atoms with van der Waals surface area (Å²) in [6.45, 7) is 0.423. The molecular weight excluding hydrogens is 370 g/mol. The average molecular weight is 389 g/mol. The van der Waals surface area contributed by atoms with E-state index in [1.54, 1.807) is 31.6 Å². The van der Waals surface area contributed by atoms with E-state index in [0.29, 0.717) is 23.9 Å². The molecule has 0 unspecified atom stereocenters. The number of methoxy groups -OCH3 is 1. The number of nitrogens with zero attached hydrogens (tertiary/aromatic N) is 3. The van der Waals surface area contributed by atoms with Crippen LogP contribution in [0.3, 0.4) is 0 Å². The fourth-order valence-corrected chi connectivity index (χ4v) is 2.99. The highest BCUT2D eigenvalue weighted by Crippen LogP contribution is 2.27. The number of hydrogen-bond acceptors (Lipinski definition) is 6. The molecule has 4 aromatic rings. The van der Waals surface area contributed by atoms with E-state index in [-0.39, 0.29) is 11.7 Å². The van der Waals surface area contributed by atoms with Crippen molar-refractivity contribution in [2.45, 2.75) is 6.42 Å². The topological polar surface area (TPSA) is 113 Å². The smallest absolute Gasteiger partial charge is 0.289 e. The van der Waals surface area contributed by atoms with Crippen LogP contribution in [0, 0.1) is 0 Å². The summed E-state index contributed by atoms with van der Waals surface area (Å²) in [5.74, 6) is 0.0461. The SMILES string of the molecule is COc1ccc(CCNC(=O)c2nc(O)c3cc(-c4cn[nH]c4)ccc3n2)cc1. The molecule has 4 rings (SSSR count). The summed E-state index contributed by atoms with van der Waals surface area (Å²) in [5, 5.41) is 20.2. The number of rotatable bonds is 6. The molecule has 2 heterocycles. The predicted octanol–water partition coefficient (Wildman–Crippen LogP) is 2.71. The van der Waals surface area contributed by atoms with Crippen molar-refractivity contribution in [3.05, 3.63) is 66.2 Å². The van der Waals surface area contributed by atoms with E-state index in [0.717, 1.165) is 22.4 Å². The standard InChI is InChI=1S/C21H19N5O3/c1-29-16-5-2-13(3-6-16)8-9-22-21(28)19-25-18-7-4-14(15-11-23-24-12-15)10-17(18)20(27)26-19/h2-7,10-12H,8-9H2,1H3,(H,22,28)(H,23,24)(H,25,26,27). The summed E-state index contributed by atoms with van der Waals surface area (Å²) in [4.78, 5) is 20.7. The molecule has 0 spiro atoms. The van der Waals surface area contributed by atoms with E-state index in [2.05, 4.69) is 25.5 Å². The van der Waals surface area contributed by atoms with Gasteiger partial charge in [0.2, 0.25) is 11.7 Å². The lowest BCUT2D eigenvalue weighted by molar-refractivity contribution is 0.0943. The van der Waals surface area contributed by atoms with Crippen molar-refractivity contribution in [3.63, 3.8) is 0 Å². The second kappa shape index (κ2) is 7.97. The number of aromatic amines is 1. The van der Waals surface area contributed by atoms with Gasteiger partial charge in [-0.05, 0) is 41.8 Å². The molecule has 3 N–H and O–H groups in total. The number of carbonyl (C=O) groups excluding carboxylic acids is 1. The van der Waals surface area contributed by atoms with Crippen molar-refractivity contribution in [2.75, 3.05) is 13.7 Å². The summed E-state index contributed by atoms with van der Waals surface area (Å²) in [5.41, 5.74) is 3.30. The normalized spacial score (nSPS) is 10.8. The Morgan fingerprint density at radius 3 is 2.69 bits per heavy atom. The maximum atomic E-state index is 12.4. The first kappa shape index (κ1) is 18.4. The maximum Gasteiger partial charge on any atom is 0.289 e. The number of carbonyl (C=O) groups is 1. The molecule has 8 nitrogen and oxygen atoms in total. The zero-order valence-corrected chi connectivity index (χ0v) is 15.7. The molecule has 0 radical (unpaired) electrons. The van der Waals surface area contributed by atoms with Crippen LogP contribution in [0.2, 0.25) is 0 Å². The van der Waals surface area contributed by atoms with Crippen molar-refractivity contribution in [2.24, 2.45) is 0 Å². The van der Waals surface area contributed by atoms with E-state index in [1.165, 1.54) is 0 Å². The molecule has 0 fully saturated rings. The van der Waals surface area contributed by atoms with Crippen LogP contribution in [0.5, 0.6) is 11.6 Å². The van der Waals surface area contributed by atoms with Gasteiger partial charge in [0.15, 0.2) is 0 Å². The van der Waals surface area contributed by atoms with Gasteiger partial charge in [0, 0.05) is 18.3 Å². The largest absolute Gasteiger partial charge is 0.497 e. The van der Waals surface area contributed by atoms with E-state index >= 15 is 0 Å². The zero-order valence-electron chi connectivity index (χ0n) is 15.7. The molecular formula is C21H19N5O3. The number of aromatic nitrogens is 4. The highest BCUT2D eigenvalue weighted by molar-refractivity contribution is 5.95. The van der Waals surface area contributed by atoms with Gasteiger partial charge in [-0.15, -0.1) is 0 Å². The molecule has 0 saturated heterocycles. The third kappa shape index (κ3) is 4.01. The van der Waals surface area contributed by atoms with Crippen molar-refractivity contribution >= 4 is 16.8 Å². The molecule has 29 heavy (non-hydrogen) atoms. The summed E-state index contributed by atoms with van der Waals surface area (Å²) in [7, 11) is 1.62. The first-order chi connectivity index (χ1) is 14.1. The van der Waals surface area contributed by atoms with Crippen LogP contribution in [0.25, 0.3) is 22.0 Å². The minimum Gasteiger partial charge on any atom is -0.497 e. The van der Waals surface area contributed by atoms with Crippen molar-refractivity contribution in [1.29, 1.82) is 0 Å². The zero-order chi connectivity index (χ0) is 20.2. The minimum atomic E-state index is -0.436. The predicted molar refractivity (Wildman–Crippen MR) is 108 cm³/mol. The molecule has 0 aliphatic rings. The highest BCUT2D eigenvalue weighted by atomic mass is 16.5. The quantitative estimate of drug-likeness (QED) is 0.467. The molecule has 1 amide bonds.